The number of nitrogens with zero attached hydrogens (tertiary/aromatic N) is 2. The fourth-order valence-electron chi connectivity index (χ4n) is 3.65. The third-order valence-electron chi connectivity index (χ3n) is 5.30. The third-order valence-corrected chi connectivity index (χ3v) is 6.61. The first-order valence-electron chi connectivity index (χ1n) is 10.7. The van der Waals surface area contributed by atoms with Crippen LogP contribution in [0.2, 0.25) is 0 Å². The van der Waals surface area contributed by atoms with Crippen LogP contribution in [0.4, 0.5) is 5.69 Å². The summed E-state index contributed by atoms with van der Waals surface area (Å²) >= 11 is 0. The summed E-state index contributed by atoms with van der Waals surface area (Å²) in [5.74, 6) is 0.538. The first-order chi connectivity index (χ1) is 15.9. The van der Waals surface area contributed by atoms with Gasteiger partial charge in [0, 0.05) is 17.7 Å². The molecule has 172 valence electrons. The zero-order chi connectivity index (χ0) is 23.4. The van der Waals surface area contributed by atoms with Crippen LogP contribution in [0.15, 0.2) is 76.4 Å². The lowest BCUT2D eigenvalue weighted by Crippen LogP contribution is -2.27. The molecule has 9 heteroatoms. The maximum Gasteiger partial charge on any atom is 0.310 e. The SMILES string of the molecule is CCOc1ccccc1C1CC(c2ccc(NS(=O)(=O)CC)cc2)=NN1C(=O)c1ccco1. The Morgan fingerprint density at radius 1 is 1.12 bits per heavy atom. The third kappa shape index (κ3) is 4.93. The van der Waals surface area contributed by atoms with Crippen molar-refractivity contribution in [3.05, 3.63) is 83.8 Å². The lowest BCUT2D eigenvalue weighted by Gasteiger charge is -2.23. The van der Waals surface area contributed by atoms with Crippen LogP contribution in [0.25, 0.3) is 0 Å². The van der Waals surface area contributed by atoms with Crippen molar-refractivity contribution in [1.82, 2.24) is 5.01 Å². The molecular weight excluding hydrogens is 442 g/mol. The van der Waals surface area contributed by atoms with Gasteiger partial charge in [-0.15, -0.1) is 0 Å². The van der Waals surface area contributed by atoms with Gasteiger partial charge in [-0.3, -0.25) is 9.52 Å². The summed E-state index contributed by atoms with van der Waals surface area (Å²) < 4.78 is 37.3. The average molecular weight is 468 g/mol. The Morgan fingerprint density at radius 2 is 1.88 bits per heavy atom. The summed E-state index contributed by atoms with van der Waals surface area (Å²) in [6.07, 6.45) is 1.92. The number of hydrogen-bond acceptors (Lipinski definition) is 6. The fraction of sp³-hybridized carbons (Fsp3) is 0.250. The van der Waals surface area contributed by atoms with E-state index in [0.29, 0.717) is 30.2 Å². The summed E-state index contributed by atoms with van der Waals surface area (Å²) in [6, 6.07) is 17.4. The number of amides is 1. The highest BCUT2D eigenvalue weighted by Crippen LogP contribution is 2.38. The Hall–Kier alpha value is -3.59. The average Bonchev–Trinajstić information content (AvgIpc) is 3.50. The van der Waals surface area contributed by atoms with Crippen molar-refractivity contribution in [2.24, 2.45) is 5.10 Å². The smallest absolute Gasteiger partial charge is 0.310 e. The van der Waals surface area contributed by atoms with Gasteiger partial charge in [0.15, 0.2) is 5.76 Å². The van der Waals surface area contributed by atoms with Crippen LogP contribution in [0.1, 0.15) is 48.0 Å². The zero-order valence-electron chi connectivity index (χ0n) is 18.4. The lowest BCUT2D eigenvalue weighted by molar-refractivity contribution is 0.0676. The minimum atomic E-state index is -3.36. The first kappa shape index (κ1) is 22.6. The van der Waals surface area contributed by atoms with Crippen LogP contribution in [0.3, 0.4) is 0 Å². The summed E-state index contributed by atoms with van der Waals surface area (Å²) in [4.78, 5) is 13.2. The number of sulfonamides is 1. The van der Waals surface area contributed by atoms with Crippen molar-refractivity contribution >= 4 is 27.3 Å². The minimum absolute atomic E-state index is 0.00771. The molecule has 0 fully saturated rings. The van der Waals surface area contributed by atoms with Crippen LogP contribution in [-0.2, 0) is 10.0 Å². The number of carbonyl (C=O) groups excluding carboxylic acids is 1. The summed E-state index contributed by atoms with van der Waals surface area (Å²) in [6.45, 7) is 3.99. The standard InChI is InChI=1S/C24H25N3O5S/c1-3-31-22-9-6-5-8-19(22)21-16-20(25-27(21)24(28)23-10-7-15-32-23)17-11-13-18(14-12-17)26-33(29,30)4-2/h5-15,21,26H,3-4,16H2,1-2H3. The monoisotopic (exact) mass is 467 g/mol. The molecule has 33 heavy (non-hydrogen) atoms. The van der Waals surface area contributed by atoms with Crippen LogP contribution >= 0.6 is 0 Å². The van der Waals surface area contributed by atoms with E-state index in [1.165, 1.54) is 11.3 Å². The van der Waals surface area contributed by atoms with E-state index in [2.05, 4.69) is 9.82 Å². The van der Waals surface area contributed by atoms with Crippen LogP contribution in [0, 0.1) is 0 Å². The predicted octanol–water partition coefficient (Wildman–Crippen LogP) is 4.43. The van der Waals surface area contributed by atoms with E-state index in [4.69, 9.17) is 9.15 Å². The maximum absolute atomic E-state index is 13.2. The van der Waals surface area contributed by atoms with E-state index < -0.39 is 10.0 Å². The number of carbonyl (C=O) groups is 1. The van der Waals surface area contributed by atoms with E-state index >= 15 is 0 Å². The molecule has 0 saturated carbocycles. The number of ether oxygens (including phenoxy) is 1. The Labute approximate surface area is 192 Å². The second-order valence-electron chi connectivity index (χ2n) is 7.45. The Bertz CT molecular complexity index is 1250. The molecule has 8 nitrogen and oxygen atoms in total. The molecule has 1 aliphatic heterocycles. The van der Waals surface area contributed by atoms with Gasteiger partial charge in [0.1, 0.15) is 5.75 Å². The quantitative estimate of drug-likeness (QED) is 0.528. The molecule has 3 aromatic rings. The molecule has 0 radical (unpaired) electrons. The van der Waals surface area contributed by atoms with E-state index in [1.807, 2.05) is 31.2 Å². The van der Waals surface area contributed by atoms with Gasteiger partial charge in [0.2, 0.25) is 10.0 Å². The van der Waals surface area contributed by atoms with E-state index in [1.54, 1.807) is 43.3 Å². The fourth-order valence-corrected chi connectivity index (χ4v) is 4.29. The Kier molecular flexibility index (Phi) is 6.50. The number of nitrogens with one attached hydrogen (secondary N) is 1. The molecule has 0 saturated heterocycles. The largest absolute Gasteiger partial charge is 0.494 e. The minimum Gasteiger partial charge on any atom is -0.494 e. The van der Waals surface area contributed by atoms with Gasteiger partial charge in [0.25, 0.3) is 0 Å². The van der Waals surface area contributed by atoms with E-state index in [-0.39, 0.29) is 23.5 Å². The second-order valence-corrected chi connectivity index (χ2v) is 9.46. The lowest BCUT2D eigenvalue weighted by atomic mass is 9.97. The molecule has 1 N–H and O–H groups in total. The van der Waals surface area contributed by atoms with Gasteiger partial charge in [-0.2, -0.15) is 5.10 Å². The highest BCUT2D eigenvalue weighted by atomic mass is 32.2. The maximum atomic E-state index is 13.2. The highest BCUT2D eigenvalue weighted by molar-refractivity contribution is 7.92. The molecule has 1 atom stereocenters. The van der Waals surface area contributed by atoms with Crippen molar-refractivity contribution in [1.29, 1.82) is 0 Å². The number of para-hydroxylation sites is 1. The highest BCUT2D eigenvalue weighted by Gasteiger charge is 2.36. The van der Waals surface area contributed by atoms with Gasteiger partial charge in [-0.05, 0) is 49.7 Å². The first-order valence-corrected chi connectivity index (χ1v) is 12.3. The summed E-state index contributed by atoms with van der Waals surface area (Å²) in [5, 5.41) is 6.07. The van der Waals surface area contributed by atoms with Crippen LogP contribution in [0.5, 0.6) is 5.75 Å². The predicted molar refractivity (Wildman–Crippen MR) is 126 cm³/mol. The van der Waals surface area contributed by atoms with Crippen molar-refractivity contribution in [2.45, 2.75) is 26.3 Å². The zero-order valence-corrected chi connectivity index (χ0v) is 19.2. The molecule has 1 unspecified atom stereocenters. The molecule has 0 bridgehead atoms. The molecule has 1 amide bonds. The topological polar surface area (TPSA) is 101 Å². The van der Waals surface area contributed by atoms with Crippen molar-refractivity contribution < 1.29 is 22.4 Å². The van der Waals surface area contributed by atoms with Gasteiger partial charge in [0.05, 0.1) is 30.4 Å². The van der Waals surface area contributed by atoms with Crippen molar-refractivity contribution in [3.63, 3.8) is 0 Å². The van der Waals surface area contributed by atoms with Gasteiger partial charge in [-0.1, -0.05) is 30.3 Å². The molecular formula is C24H25N3O5S. The Morgan fingerprint density at radius 3 is 2.55 bits per heavy atom. The molecule has 2 aromatic carbocycles. The van der Waals surface area contributed by atoms with Crippen molar-refractivity contribution in [3.8, 4) is 5.75 Å². The van der Waals surface area contributed by atoms with Gasteiger partial charge in [-0.25, -0.2) is 13.4 Å². The number of hydrogen-bond donors (Lipinski definition) is 1. The number of benzene rings is 2. The summed E-state index contributed by atoms with van der Waals surface area (Å²) in [7, 11) is -3.36. The number of furan rings is 1. The number of anilines is 1. The summed E-state index contributed by atoms with van der Waals surface area (Å²) in [5.41, 5.74) is 2.82. The molecule has 2 heterocycles. The molecule has 4 rings (SSSR count). The van der Waals surface area contributed by atoms with Gasteiger partial charge >= 0.3 is 5.91 Å². The van der Waals surface area contributed by atoms with Crippen molar-refractivity contribution in [2.75, 3.05) is 17.1 Å². The van der Waals surface area contributed by atoms with Gasteiger partial charge < -0.3 is 9.15 Å². The molecule has 1 aliphatic rings. The molecule has 0 spiro atoms. The molecule has 0 aliphatic carbocycles. The van der Waals surface area contributed by atoms with Crippen LogP contribution in [-0.4, -0.2) is 37.4 Å². The number of rotatable bonds is 8. The Balaban J connectivity index is 1.67. The van der Waals surface area contributed by atoms with Crippen LogP contribution < -0.4 is 9.46 Å². The van der Waals surface area contributed by atoms with E-state index in [0.717, 1.165) is 11.1 Å². The molecule has 1 aromatic heterocycles. The van der Waals surface area contributed by atoms with E-state index in [9.17, 15) is 13.2 Å². The normalized spacial score (nSPS) is 15.9. The number of hydrazone groups is 1. The second kappa shape index (κ2) is 9.50.